The fraction of sp³-hybridized carbons (Fsp3) is 0.292. The Labute approximate surface area is 180 Å². The van der Waals surface area contributed by atoms with Crippen molar-refractivity contribution in [2.24, 2.45) is 0 Å². The maximum atomic E-state index is 11.8. The van der Waals surface area contributed by atoms with Gasteiger partial charge in [-0.25, -0.2) is 4.79 Å². The van der Waals surface area contributed by atoms with Crippen LogP contribution in [0.2, 0.25) is 0 Å². The third-order valence-electron chi connectivity index (χ3n) is 5.45. The molecular weight excluding hydrogens is 428 g/mol. The Hall–Kier alpha value is -2.37. The van der Waals surface area contributed by atoms with Crippen LogP contribution in [0.15, 0.2) is 65.1 Å². The summed E-state index contributed by atoms with van der Waals surface area (Å²) in [4.78, 5) is 16.7. The first-order valence-corrected chi connectivity index (χ1v) is 10.9. The topological polar surface area (TPSA) is 32.8 Å². The number of rotatable bonds is 5. The van der Waals surface area contributed by atoms with Crippen molar-refractivity contribution in [2.75, 3.05) is 37.7 Å². The lowest BCUT2D eigenvalue weighted by molar-refractivity contribution is 0.0526. The van der Waals surface area contributed by atoms with Crippen LogP contribution in [-0.2, 0) is 11.3 Å². The van der Waals surface area contributed by atoms with Gasteiger partial charge in [-0.05, 0) is 63.5 Å². The summed E-state index contributed by atoms with van der Waals surface area (Å²) in [7, 11) is 0. The monoisotopic (exact) mass is 452 g/mol. The lowest BCUT2D eigenvalue weighted by atomic mass is 10.1. The molecule has 0 radical (unpaired) electrons. The number of hydrogen-bond donors (Lipinski definition) is 0. The van der Waals surface area contributed by atoms with E-state index in [2.05, 4.69) is 62.1 Å². The average molecular weight is 453 g/mol. The Bertz CT molecular complexity index is 995. The summed E-state index contributed by atoms with van der Waals surface area (Å²) < 4.78 is 6.26. The fourth-order valence-corrected chi connectivity index (χ4v) is 4.45. The minimum Gasteiger partial charge on any atom is -0.462 e. The van der Waals surface area contributed by atoms with E-state index in [1.165, 1.54) is 20.8 Å². The molecule has 150 valence electrons. The standard InChI is InChI=1S/C24H25BrN2O2/c1-2-29-24(28)19-9-11-21(12-10-19)27-15-13-26(14-16-27)17-20-8-7-18-5-3-4-6-22(18)23(20)25/h3-12H,2,13-17H2,1H3. The molecule has 29 heavy (non-hydrogen) atoms. The van der Waals surface area contributed by atoms with Gasteiger partial charge in [-0.3, -0.25) is 4.90 Å². The summed E-state index contributed by atoms with van der Waals surface area (Å²) in [6.07, 6.45) is 0. The van der Waals surface area contributed by atoms with E-state index in [9.17, 15) is 4.79 Å². The number of halogens is 1. The molecule has 4 rings (SSSR count). The number of hydrogen-bond acceptors (Lipinski definition) is 4. The summed E-state index contributed by atoms with van der Waals surface area (Å²) in [5.41, 5.74) is 3.09. The maximum absolute atomic E-state index is 11.8. The van der Waals surface area contributed by atoms with Crippen LogP contribution in [0.4, 0.5) is 5.69 Å². The van der Waals surface area contributed by atoms with E-state index >= 15 is 0 Å². The summed E-state index contributed by atoms with van der Waals surface area (Å²) in [6.45, 7) is 7.14. The van der Waals surface area contributed by atoms with Crippen molar-refractivity contribution in [2.45, 2.75) is 13.5 Å². The number of nitrogens with zero attached hydrogens (tertiary/aromatic N) is 2. The van der Waals surface area contributed by atoms with Crippen LogP contribution in [0.5, 0.6) is 0 Å². The van der Waals surface area contributed by atoms with Crippen LogP contribution in [0.1, 0.15) is 22.8 Å². The van der Waals surface area contributed by atoms with Crippen molar-refractivity contribution in [1.29, 1.82) is 0 Å². The zero-order valence-corrected chi connectivity index (χ0v) is 18.2. The Balaban J connectivity index is 1.37. The Morgan fingerprint density at radius 1 is 0.966 bits per heavy atom. The van der Waals surface area contributed by atoms with Crippen molar-refractivity contribution in [3.8, 4) is 0 Å². The predicted octanol–water partition coefficient (Wildman–Crippen LogP) is 5.10. The lowest BCUT2D eigenvalue weighted by Gasteiger charge is -2.36. The fourth-order valence-electron chi connectivity index (χ4n) is 3.83. The van der Waals surface area contributed by atoms with Crippen LogP contribution in [0, 0.1) is 0 Å². The molecule has 1 aliphatic heterocycles. The molecule has 0 amide bonds. The summed E-state index contributed by atoms with van der Waals surface area (Å²) in [5, 5.41) is 2.53. The highest BCUT2D eigenvalue weighted by Crippen LogP contribution is 2.29. The Morgan fingerprint density at radius 3 is 2.41 bits per heavy atom. The van der Waals surface area contributed by atoms with E-state index in [0.29, 0.717) is 12.2 Å². The molecule has 0 aromatic heterocycles. The molecule has 0 unspecified atom stereocenters. The van der Waals surface area contributed by atoms with Crippen molar-refractivity contribution in [1.82, 2.24) is 4.90 Å². The third kappa shape index (κ3) is 4.46. The van der Waals surface area contributed by atoms with Crippen molar-refractivity contribution < 1.29 is 9.53 Å². The van der Waals surface area contributed by atoms with Crippen LogP contribution in [0.25, 0.3) is 10.8 Å². The molecule has 1 aliphatic rings. The van der Waals surface area contributed by atoms with Crippen LogP contribution >= 0.6 is 15.9 Å². The molecule has 4 nitrogen and oxygen atoms in total. The minimum absolute atomic E-state index is 0.259. The van der Waals surface area contributed by atoms with Crippen LogP contribution in [0.3, 0.4) is 0 Å². The largest absolute Gasteiger partial charge is 0.462 e. The normalized spacial score (nSPS) is 14.9. The molecule has 5 heteroatoms. The third-order valence-corrected chi connectivity index (χ3v) is 6.39. The van der Waals surface area contributed by atoms with E-state index in [1.54, 1.807) is 0 Å². The van der Waals surface area contributed by atoms with Gasteiger partial charge in [-0.2, -0.15) is 0 Å². The molecular formula is C24H25BrN2O2. The molecule has 0 spiro atoms. The Kier molecular flexibility index (Phi) is 6.16. The highest BCUT2D eigenvalue weighted by atomic mass is 79.9. The van der Waals surface area contributed by atoms with E-state index in [1.807, 2.05) is 31.2 Å². The van der Waals surface area contributed by atoms with Gasteiger partial charge in [0.05, 0.1) is 12.2 Å². The van der Waals surface area contributed by atoms with Crippen LogP contribution < -0.4 is 4.90 Å². The smallest absolute Gasteiger partial charge is 0.338 e. The van der Waals surface area contributed by atoms with Crippen molar-refractivity contribution >= 4 is 38.4 Å². The van der Waals surface area contributed by atoms with Gasteiger partial charge >= 0.3 is 5.97 Å². The minimum atomic E-state index is -0.259. The van der Waals surface area contributed by atoms with Crippen LogP contribution in [-0.4, -0.2) is 43.7 Å². The number of carbonyl (C=O) groups excluding carboxylic acids is 1. The molecule has 0 N–H and O–H groups in total. The van der Waals surface area contributed by atoms with Gasteiger partial charge in [0, 0.05) is 42.9 Å². The van der Waals surface area contributed by atoms with Gasteiger partial charge in [0.2, 0.25) is 0 Å². The Morgan fingerprint density at radius 2 is 1.69 bits per heavy atom. The second-order valence-corrected chi connectivity index (χ2v) is 8.08. The number of fused-ring (bicyclic) bond motifs is 1. The zero-order chi connectivity index (χ0) is 20.2. The molecule has 0 atom stereocenters. The molecule has 0 aliphatic carbocycles. The first-order chi connectivity index (χ1) is 14.2. The first kappa shape index (κ1) is 19.9. The van der Waals surface area contributed by atoms with Crippen molar-refractivity contribution in [3.05, 3.63) is 76.3 Å². The SMILES string of the molecule is CCOC(=O)c1ccc(N2CCN(Cc3ccc4ccccc4c3Br)CC2)cc1. The summed E-state index contributed by atoms with van der Waals surface area (Å²) in [5.74, 6) is -0.259. The van der Waals surface area contributed by atoms with Gasteiger partial charge in [0.15, 0.2) is 0 Å². The second-order valence-electron chi connectivity index (χ2n) is 7.29. The molecule has 1 heterocycles. The quantitative estimate of drug-likeness (QED) is 0.504. The molecule has 3 aromatic carbocycles. The summed E-state index contributed by atoms with van der Waals surface area (Å²) in [6, 6.07) is 20.7. The zero-order valence-electron chi connectivity index (χ0n) is 16.6. The number of benzene rings is 3. The first-order valence-electron chi connectivity index (χ1n) is 10.1. The molecule has 0 saturated carbocycles. The van der Waals surface area contributed by atoms with Gasteiger partial charge < -0.3 is 9.64 Å². The average Bonchev–Trinajstić information content (AvgIpc) is 2.77. The van der Waals surface area contributed by atoms with E-state index < -0.39 is 0 Å². The molecule has 1 fully saturated rings. The maximum Gasteiger partial charge on any atom is 0.338 e. The highest BCUT2D eigenvalue weighted by Gasteiger charge is 2.19. The van der Waals surface area contributed by atoms with Gasteiger partial charge in [-0.1, -0.05) is 36.4 Å². The predicted molar refractivity (Wildman–Crippen MR) is 122 cm³/mol. The summed E-state index contributed by atoms with van der Waals surface area (Å²) >= 11 is 3.81. The van der Waals surface area contributed by atoms with E-state index in [0.717, 1.165) is 38.4 Å². The molecule has 0 bridgehead atoms. The number of carbonyl (C=O) groups is 1. The van der Waals surface area contributed by atoms with Gasteiger partial charge in [0.25, 0.3) is 0 Å². The lowest BCUT2D eigenvalue weighted by Crippen LogP contribution is -2.46. The molecule has 1 saturated heterocycles. The number of anilines is 1. The van der Waals surface area contributed by atoms with E-state index in [4.69, 9.17) is 4.74 Å². The van der Waals surface area contributed by atoms with Gasteiger partial charge in [-0.15, -0.1) is 0 Å². The second kappa shape index (κ2) is 8.97. The van der Waals surface area contributed by atoms with Crippen molar-refractivity contribution in [3.63, 3.8) is 0 Å². The highest BCUT2D eigenvalue weighted by molar-refractivity contribution is 9.10. The van der Waals surface area contributed by atoms with Gasteiger partial charge in [0.1, 0.15) is 0 Å². The number of ether oxygens (including phenoxy) is 1. The number of esters is 1. The van der Waals surface area contributed by atoms with E-state index in [-0.39, 0.29) is 5.97 Å². The molecule has 3 aromatic rings. The number of piperazine rings is 1.